The van der Waals surface area contributed by atoms with Crippen molar-refractivity contribution in [3.05, 3.63) is 28.2 Å². The number of carbonyl (C=O) groups excluding carboxylic acids is 1. The number of aromatic hydroxyl groups is 1. The summed E-state index contributed by atoms with van der Waals surface area (Å²) >= 11 is 3.27. The highest BCUT2D eigenvalue weighted by Crippen LogP contribution is 2.31. The van der Waals surface area contributed by atoms with Crippen molar-refractivity contribution in [3.63, 3.8) is 0 Å². The lowest BCUT2D eigenvalue weighted by Gasteiger charge is -2.38. The number of hydrogen-bond acceptors (Lipinski definition) is 2. The molecule has 1 aromatic rings. The van der Waals surface area contributed by atoms with Crippen LogP contribution in [0.3, 0.4) is 0 Å². The molecule has 0 saturated carbocycles. The molecule has 1 amide bonds. The van der Waals surface area contributed by atoms with Crippen LogP contribution in [0.25, 0.3) is 0 Å². The SMILES string of the molecule is CC1(C)CCCN(C(=O)c2ccc(Br)cc2O)C1. The molecule has 0 unspecified atom stereocenters. The van der Waals surface area contributed by atoms with E-state index in [0.29, 0.717) is 5.56 Å². The van der Waals surface area contributed by atoms with Gasteiger partial charge >= 0.3 is 0 Å². The van der Waals surface area contributed by atoms with E-state index >= 15 is 0 Å². The molecule has 0 bridgehead atoms. The molecular weight excluding hydrogens is 294 g/mol. The molecule has 0 radical (unpaired) electrons. The molecule has 2 rings (SSSR count). The molecule has 0 spiro atoms. The molecule has 1 fully saturated rings. The molecule has 4 heteroatoms. The third kappa shape index (κ3) is 2.86. The number of benzene rings is 1. The number of nitrogens with zero attached hydrogens (tertiary/aromatic N) is 1. The number of rotatable bonds is 1. The fraction of sp³-hybridized carbons (Fsp3) is 0.500. The van der Waals surface area contributed by atoms with E-state index in [2.05, 4.69) is 29.8 Å². The Hall–Kier alpha value is -1.03. The van der Waals surface area contributed by atoms with Gasteiger partial charge in [0.05, 0.1) is 5.56 Å². The van der Waals surface area contributed by atoms with Gasteiger partial charge in [-0.2, -0.15) is 0 Å². The minimum Gasteiger partial charge on any atom is -0.507 e. The average molecular weight is 312 g/mol. The van der Waals surface area contributed by atoms with Crippen LogP contribution in [-0.2, 0) is 0 Å². The Balaban J connectivity index is 2.20. The normalized spacial score (nSPS) is 18.7. The molecule has 0 aliphatic carbocycles. The topological polar surface area (TPSA) is 40.5 Å². The largest absolute Gasteiger partial charge is 0.507 e. The number of halogens is 1. The van der Waals surface area contributed by atoms with E-state index < -0.39 is 0 Å². The predicted octanol–water partition coefficient (Wildman–Crippen LogP) is 3.42. The van der Waals surface area contributed by atoms with Crippen LogP contribution in [0.1, 0.15) is 37.0 Å². The first-order valence-corrected chi connectivity index (χ1v) is 6.96. The van der Waals surface area contributed by atoms with Crippen LogP contribution in [0.15, 0.2) is 22.7 Å². The van der Waals surface area contributed by atoms with Crippen LogP contribution in [0, 0.1) is 5.41 Å². The van der Waals surface area contributed by atoms with E-state index in [1.165, 1.54) is 0 Å². The first kappa shape index (κ1) is 13.4. The highest BCUT2D eigenvalue weighted by Gasteiger charge is 2.30. The molecular formula is C14H18BrNO2. The molecule has 0 aromatic heterocycles. The fourth-order valence-corrected chi connectivity index (χ4v) is 2.80. The van der Waals surface area contributed by atoms with Gasteiger partial charge in [0, 0.05) is 17.6 Å². The van der Waals surface area contributed by atoms with Crippen LogP contribution >= 0.6 is 15.9 Å². The summed E-state index contributed by atoms with van der Waals surface area (Å²) in [6.45, 7) is 5.88. The van der Waals surface area contributed by atoms with Gasteiger partial charge in [-0.15, -0.1) is 0 Å². The second-order valence-corrected chi connectivity index (χ2v) is 6.57. The van der Waals surface area contributed by atoms with Crippen LogP contribution in [0.5, 0.6) is 5.75 Å². The van der Waals surface area contributed by atoms with Gasteiger partial charge in [0.2, 0.25) is 0 Å². The first-order chi connectivity index (χ1) is 8.39. The summed E-state index contributed by atoms with van der Waals surface area (Å²) in [7, 11) is 0. The van der Waals surface area contributed by atoms with Gasteiger partial charge in [-0.25, -0.2) is 0 Å². The van der Waals surface area contributed by atoms with Crippen LogP contribution in [-0.4, -0.2) is 29.0 Å². The zero-order chi connectivity index (χ0) is 13.3. The van der Waals surface area contributed by atoms with E-state index in [1.54, 1.807) is 18.2 Å². The Morgan fingerprint density at radius 2 is 2.17 bits per heavy atom. The standard InChI is InChI=1S/C14H18BrNO2/c1-14(2)6-3-7-16(9-14)13(18)11-5-4-10(15)8-12(11)17/h4-5,8,17H,3,6-7,9H2,1-2H3. The highest BCUT2D eigenvalue weighted by molar-refractivity contribution is 9.10. The molecule has 98 valence electrons. The Morgan fingerprint density at radius 1 is 1.44 bits per heavy atom. The summed E-state index contributed by atoms with van der Waals surface area (Å²) in [6.07, 6.45) is 2.17. The smallest absolute Gasteiger partial charge is 0.257 e. The van der Waals surface area contributed by atoms with Gasteiger partial charge in [0.1, 0.15) is 5.75 Å². The quantitative estimate of drug-likeness (QED) is 0.863. The van der Waals surface area contributed by atoms with Gasteiger partial charge in [-0.3, -0.25) is 4.79 Å². The number of hydrogen-bond donors (Lipinski definition) is 1. The number of phenols is 1. The fourth-order valence-electron chi connectivity index (χ4n) is 2.45. The van der Waals surface area contributed by atoms with Gasteiger partial charge in [-0.05, 0) is 36.5 Å². The van der Waals surface area contributed by atoms with E-state index in [4.69, 9.17) is 0 Å². The van der Waals surface area contributed by atoms with E-state index in [1.807, 2.05) is 4.90 Å². The van der Waals surface area contributed by atoms with Crippen molar-refractivity contribution >= 4 is 21.8 Å². The van der Waals surface area contributed by atoms with Crippen LogP contribution in [0.2, 0.25) is 0 Å². The molecule has 1 aliphatic rings. The summed E-state index contributed by atoms with van der Waals surface area (Å²) in [4.78, 5) is 14.2. The lowest BCUT2D eigenvalue weighted by molar-refractivity contribution is 0.0580. The van der Waals surface area contributed by atoms with Crippen molar-refractivity contribution < 1.29 is 9.90 Å². The van der Waals surface area contributed by atoms with Crippen molar-refractivity contribution in [2.75, 3.05) is 13.1 Å². The van der Waals surface area contributed by atoms with E-state index in [0.717, 1.165) is 30.4 Å². The maximum absolute atomic E-state index is 12.4. The van der Waals surface area contributed by atoms with Crippen molar-refractivity contribution in [2.24, 2.45) is 5.41 Å². The van der Waals surface area contributed by atoms with Gasteiger partial charge in [-0.1, -0.05) is 29.8 Å². The number of likely N-dealkylation sites (tertiary alicyclic amines) is 1. The number of phenolic OH excluding ortho intramolecular Hbond substituents is 1. The summed E-state index contributed by atoms with van der Waals surface area (Å²) in [5, 5.41) is 9.85. The summed E-state index contributed by atoms with van der Waals surface area (Å²) in [5.41, 5.74) is 0.551. The van der Waals surface area contributed by atoms with E-state index in [9.17, 15) is 9.90 Å². The summed E-state index contributed by atoms with van der Waals surface area (Å²) in [5.74, 6) is -0.0365. The minimum absolute atomic E-state index is 0.0396. The van der Waals surface area contributed by atoms with Gasteiger partial charge in [0.25, 0.3) is 5.91 Å². The zero-order valence-electron chi connectivity index (χ0n) is 10.7. The average Bonchev–Trinajstić information content (AvgIpc) is 2.27. The molecule has 1 aliphatic heterocycles. The Morgan fingerprint density at radius 3 is 2.78 bits per heavy atom. The molecule has 1 aromatic carbocycles. The second kappa shape index (κ2) is 4.92. The predicted molar refractivity (Wildman–Crippen MR) is 74.7 cm³/mol. The van der Waals surface area contributed by atoms with Crippen molar-refractivity contribution in [2.45, 2.75) is 26.7 Å². The van der Waals surface area contributed by atoms with Crippen LogP contribution in [0.4, 0.5) is 0 Å². The Kier molecular flexibility index (Phi) is 3.66. The molecule has 1 N–H and O–H groups in total. The van der Waals surface area contributed by atoms with Gasteiger partial charge in [0.15, 0.2) is 0 Å². The Bertz CT molecular complexity index is 471. The maximum atomic E-state index is 12.4. The number of carbonyl (C=O) groups is 1. The summed E-state index contributed by atoms with van der Waals surface area (Å²) < 4.78 is 0.774. The van der Waals surface area contributed by atoms with Crippen molar-refractivity contribution in [1.82, 2.24) is 4.90 Å². The monoisotopic (exact) mass is 311 g/mol. The third-order valence-corrected chi connectivity index (χ3v) is 3.87. The molecule has 3 nitrogen and oxygen atoms in total. The van der Waals surface area contributed by atoms with E-state index in [-0.39, 0.29) is 17.1 Å². The molecule has 1 saturated heterocycles. The lowest BCUT2D eigenvalue weighted by atomic mass is 9.84. The summed E-state index contributed by atoms with van der Waals surface area (Å²) in [6, 6.07) is 5.01. The molecule has 18 heavy (non-hydrogen) atoms. The lowest BCUT2D eigenvalue weighted by Crippen LogP contribution is -2.43. The third-order valence-electron chi connectivity index (χ3n) is 3.38. The number of amides is 1. The minimum atomic E-state index is -0.0761. The first-order valence-electron chi connectivity index (χ1n) is 6.17. The van der Waals surface area contributed by atoms with Crippen LogP contribution < -0.4 is 0 Å². The number of piperidine rings is 1. The molecule has 0 atom stereocenters. The molecule has 1 heterocycles. The second-order valence-electron chi connectivity index (χ2n) is 5.66. The zero-order valence-corrected chi connectivity index (χ0v) is 12.3. The maximum Gasteiger partial charge on any atom is 0.257 e. The van der Waals surface area contributed by atoms with Crippen molar-refractivity contribution in [1.29, 1.82) is 0 Å². The van der Waals surface area contributed by atoms with Gasteiger partial charge < -0.3 is 10.0 Å². The Labute approximate surface area is 116 Å². The van der Waals surface area contributed by atoms with Crippen molar-refractivity contribution in [3.8, 4) is 5.75 Å². The highest BCUT2D eigenvalue weighted by atomic mass is 79.9.